The molecule has 2 aromatic rings. The van der Waals surface area contributed by atoms with E-state index >= 15 is 0 Å². The van der Waals surface area contributed by atoms with Gasteiger partial charge >= 0.3 is 0 Å². The zero-order valence-corrected chi connectivity index (χ0v) is 12.8. The van der Waals surface area contributed by atoms with E-state index in [0.29, 0.717) is 6.04 Å². The number of nitrogens with zero attached hydrogens (tertiary/aromatic N) is 1. The largest absolute Gasteiger partial charge is 0.465 e. The molecule has 1 atom stereocenters. The SMILES string of the molecule is Cc1ccc(CNC[C@H](c2cccs2)N2CCCC2)o1. The zero-order chi connectivity index (χ0) is 13.8. The van der Waals surface area contributed by atoms with Crippen LogP contribution in [0.4, 0.5) is 0 Å². The molecule has 1 fully saturated rings. The molecule has 0 aliphatic carbocycles. The topological polar surface area (TPSA) is 28.4 Å². The first-order valence-electron chi connectivity index (χ1n) is 7.36. The van der Waals surface area contributed by atoms with Gasteiger partial charge in [-0.2, -0.15) is 0 Å². The third-order valence-electron chi connectivity index (χ3n) is 3.89. The maximum absolute atomic E-state index is 5.61. The molecule has 2 aromatic heterocycles. The van der Waals surface area contributed by atoms with Gasteiger partial charge in [0.2, 0.25) is 0 Å². The molecule has 0 bridgehead atoms. The van der Waals surface area contributed by atoms with E-state index in [1.165, 1.54) is 30.8 Å². The van der Waals surface area contributed by atoms with E-state index in [1.54, 1.807) is 0 Å². The lowest BCUT2D eigenvalue weighted by molar-refractivity contribution is 0.240. The molecule has 20 heavy (non-hydrogen) atoms. The lowest BCUT2D eigenvalue weighted by Crippen LogP contribution is -2.33. The smallest absolute Gasteiger partial charge is 0.117 e. The number of hydrogen-bond acceptors (Lipinski definition) is 4. The van der Waals surface area contributed by atoms with Gasteiger partial charge in [0.15, 0.2) is 0 Å². The Morgan fingerprint density at radius 2 is 2.15 bits per heavy atom. The van der Waals surface area contributed by atoms with Crippen LogP contribution in [-0.4, -0.2) is 24.5 Å². The van der Waals surface area contributed by atoms with Crippen molar-refractivity contribution in [3.8, 4) is 0 Å². The van der Waals surface area contributed by atoms with E-state index in [2.05, 4.69) is 33.8 Å². The van der Waals surface area contributed by atoms with E-state index in [4.69, 9.17) is 4.42 Å². The molecule has 1 saturated heterocycles. The second-order valence-corrected chi connectivity index (χ2v) is 6.40. The first-order chi connectivity index (χ1) is 9.83. The minimum absolute atomic E-state index is 0.508. The molecule has 0 unspecified atom stereocenters. The van der Waals surface area contributed by atoms with Crippen molar-refractivity contribution in [1.82, 2.24) is 10.2 Å². The Kier molecular flexibility index (Phi) is 4.55. The Hall–Kier alpha value is -1.10. The summed E-state index contributed by atoms with van der Waals surface area (Å²) in [6.45, 7) is 6.24. The van der Waals surface area contributed by atoms with Crippen LogP contribution < -0.4 is 5.32 Å². The van der Waals surface area contributed by atoms with Crippen LogP contribution in [0.1, 0.15) is 35.3 Å². The number of likely N-dealkylation sites (tertiary alicyclic amines) is 1. The molecule has 1 aliphatic heterocycles. The highest BCUT2D eigenvalue weighted by Gasteiger charge is 2.23. The molecule has 4 heteroatoms. The Bertz CT molecular complexity index is 514. The summed E-state index contributed by atoms with van der Waals surface area (Å²) in [6.07, 6.45) is 2.67. The lowest BCUT2D eigenvalue weighted by Gasteiger charge is -2.26. The summed E-state index contributed by atoms with van der Waals surface area (Å²) in [5.74, 6) is 2.00. The summed E-state index contributed by atoms with van der Waals surface area (Å²) < 4.78 is 5.61. The number of hydrogen-bond donors (Lipinski definition) is 1. The molecule has 0 spiro atoms. The van der Waals surface area contributed by atoms with Crippen LogP contribution >= 0.6 is 11.3 Å². The van der Waals surface area contributed by atoms with E-state index in [0.717, 1.165) is 24.6 Å². The molecule has 1 aliphatic rings. The summed E-state index contributed by atoms with van der Waals surface area (Å²) in [5.41, 5.74) is 0. The molecule has 3 rings (SSSR count). The molecular weight excluding hydrogens is 268 g/mol. The van der Waals surface area contributed by atoms with Crippen LogP contribution in [0.15, 0.2) is 34.1 Å². The third kappa shape index (κ3) is 3.32. The lowest BCUT2D eigenvalue weighted by atomic mass is 10.2. The van der Waals surface area contributed by atoms with Gasteiger partial charge in [-0.15, -0.1) is 11.3 Å². The monoisotopic (exact) mass is 290 g/mol. The van der Waals surface area contributed by atoms with Gasteiger partial charge in [-0.1, -0.05) is 6.07 Å². The van der Waals surface area contributed by atoms with Crippen molar-refractivity contribution < 1.29 is 4.42 Å². The summed E-state index contributed by atoms with van der Waals surface area (Å²) >= 11 is 1.86. The number of thiophene rings is 1. The minimum Gasteiger partial charge on any atom is -0.465 e. The minimum atomic E-state index is 0.508. The fourth-order valence-electron chi connectivity index (χ4n) is 2.86. The number of rotatable bonds is 6. The first kappa shape index (κ1) is 13.9. The van der Waals surface area contributed by atoms with Crippen molar-refractivity contribution in [2.75, 3.05) is 19.6 Å². The predicted molar refractivity (Wildman–Crippen MR) is 83.0 cm³/mol. The molecule has 0 saturated carbocycles. The third-order valence-corrected chi connectivity index (χ3v) is 4.86. The van der Waals surface area contributed by atoms with Gasteiger partial charge in [0.1, 0.15) is 11.5 Å². The van der Waals surface area contributed by atoms with E-state index in [-0.39, 0.29) is 0 Å². The van der Waals surface area contributed by atoms with Gasteiger partial charge in [0, 0.05) is 11.4 Å². The summed E-state index contributed by atoms with van der Waals surface area (Å²) in [6, 6.07) is 8.99. The normalized spacial score (nSPS) is 17.6. The second kappa shape index (κ2) is 6.57. The highest BCUT2D eigenvalue weighted by atomic mass is 32.1. The van der Waals surface area contributed by atoms with Crippen LogP contribution in [0.2, 0.25) is 0 Å². The zero-order valence-electron chi connectivity index (χ0n) is 12.0. The van der Waals surface area contributed by atoms with Crippen molar-refractivity contribution in [2.24, 2.45) is 0 Å². The van der Waals surface area contributed by atoms with Crippen molar-refractivity contribution >= 4 is 11.3 Å². The second-order valence-electron chi connectivity index (χ2n) is 5.42. The van der Waals surface area contributed by atoms with E-state index in [9.17, 15) is 0 Å². The van der Waals surface area contributed by atoms with Crippen LogP contribution in [0.3, 0.4) is 0 Å². The molecule has 3 heterocycles. The van der Waals surface area contributed by atoms with Crippen molar-refractivity contribution in [2.45, 2.75) is 32.4 Å². The van der Waals surface area contributed by atoms with Gasteiger partial charge in [-0.05, 0) is 56.4 Å². The molecular formula is C16H22N2OS. The summed E-state index contributed by atoms with van der Waals surface area (Å²) in [7, 11) is 0. The maximum Gasteiger partial charge on any atom is 0.117 e. The van der Waals surface area contributed by atoms with Crippen LogP contribution in [0, 0.1) is 6.92 Å². The van der Waals surface area contributed by atoms with E-state index < -0.39 is 0 Å². The Morgan fingerprint density at radius 1 is 1.30 bits per heavy atom. The summed E-state index contributed by atoms with van der Waals surface area (Å²) in [5, 5.41) is 5.73. The predicted octanol–water partition coefficient (Wildman–Crippen LogP) is 3.58. The van der Waals surface area contributed by atoms with E-state index in [1.807, 2.05) is 24.3 Å². The maximum atomic E-state index is 5.61. The van der Waals surface area contributed by atoms with Gasteiger partial charge < -0.3 is 9.73 Å². The fraction of sp³-hybridized carbons (Fsp3) is 0.500. The van der Waals surface area contributed by atoms with Crippen molar-refractivity contribution in [1.29, 1.82) is 0 Å². The van der Waals surface area contributed by atoms with Crippen molar-refractivity contribution in [3.63, 3.8) is 0 Å². The Labute approximate surface area is 124 Å². The highest BCUT2D eigenvalue weighted by molar-refractivity contribution is 7.10. The van der Waals surface area contributed by atoms with Gasteiger partial charge in [-0.25, -0.2) is 0 Å². The molecule has 0 radical (unpaired) electrons. The molecule has 3 nitrogen and oxygen atoms in total. The average molecular weight is 290 g/mol. The Morgan fingerprint density at radius 3 is 2.80 bits per heavy atom. The standard InChI is InChI=1S/C16H22N2OS/c1-13-6-7-14(19-13)11-17-12-15(16-5-4-10-20-16)18-8-2-3-9-18/h4-7,10,15,17H,2-3,8-9,11-12H2,1H3/t15-/m1/s1. The molecule has 108 valence electrons. The molecule has 0 aromatic carbocycles. The Balaban J connectivity index is 1.58. The number of furan rings is 1. The van der Waals surface area contributed by atoms with Gasteiger partial charge in [-0.3, -0.25) is 4.90 Å². The number of nitrogens with one attached hydrogen (secondary N) is 1. The quantitative estimate of drug-likeness (QED) is 0.881. The van der Waals surface area contributed by atoms with Crippen LogP contribution in [0.25, 0.3) is 0 Å². The average Bonchev–Trinajstić information content (AvgIpc) is 3.18. The van der Waals surface area contributed by atoms with Gasteiger partial charge in [0.05, 0.1) is 12.6 Å². The first-order valence-corrected chi connectivity index (χ1v) is 8.24. The molecule has 0 amide bonds. The van der Waals surface area contributed by atoms with Crippen molar-refractivity contribution in [3.05, 3.63) is 46.0 Å². The fourth-order valence-corrected chi connectivity index (χ4v) is 3.72. The summed E-state index contributed by atoms with van der Waals surface area (Å²) in [4.78, 5) is 4.07. The van der Waals surface area contributed by atoms with Gasteiger partial charge in [0.25, 0.3) is 0 Å². The molecule has 1 N–H and O–H groups in total. The van der Waals surface area contributed by atoms with Crippen LogP contribution in [0.5, 0.6) is 0 Å². The number of aryl methyl sites for hydroxylation is 1. The van der Waals surface area contributed by atoms with Crippen LogP contribution in [-0.2, 0) is 6.54 Å². The highest BCUT2D eigenvalue weighted by Crippen LogP contribution is 2.27.